The number of nitrogens with zero attached hydrogens (tertiary/aromatic N) is 2. The van der Waals surface area contributed by atoms with Gasteiger partial charge in [0.15, 0.2) is 0 Å². The van der Waals surface area contributed by atoms with Crippen molar-refractivity contribution in [3.05, 3.63) is 59.8 Å². The van der Waals surface area contributed by atoms with Gasteiger partial charge in [0.1, 0.15) is 17.4 Å². The maximum Gasteiger partial charge on any atom is 0.142 e. The third-order valence-electron chi connectivity index (χ3n) is 7.12. The summed E-state index contributed by atoms with van der Waals surface area (Å²) in [5.74, 6) is 0.818. The molecule has 5 rings (SSSR count). The van der Waals surface area contributed by atoms with Gasteiger partial charge in [-0.25, -0.2) is 8.78 Å². The molecule has 164 valence electrons. The number of H-pyrrole nitrogens is 1. The first-order chi connectivity index (χ1) is 15.1. The van der Waals surface area contributed by atoms with Gasteiger partial charge in [0.2, 0.25) is 0 Å². The van der Waals surface area contributed by atoms with Crippen molar-refractivity contribution in [1.82, 2.24) is 9.88 Å². The van der Waals surface area contributed by atoms with E-state index in [-0.39, 0.29) is 11.6 Å². The molecule has 1 aromatic heterocycles. The zero-order chi connectivity index (χ0) is 21.4. The summed E-state index contributed by atoms with van der Waals surface area (Å²) in [5, 5.41) is 1.03. The molecule has 0 bridgehead atoms. The Morgan fingerprint density at radius 2 is 1.61 bits per heavy atom. The minimum atomic E-state index is -0.228. The number of benzene rings is 2. The Morgan fingerprint density at radius 3 is 2.35 bits per heavy atom. The van der Waals surface area contributed by atoms with Crippen LogP contribution in [0, 0.1) is 11.6 Å². The summed E-state index contributed by atoms with van der Waals surface area (Å²) in [7, 11) is 1.63. The zero-order valence-electron chi connectivity index (χ0n) is 17.9. The lowest BCUT2D eigenvalue weighted by atomic mass is 9.81. The SMILES string of the molecule is COc1ccc(F)cc1N1CCN([C@H]2CC[C@@H](c3c[nH]c4ccc(F)cc43)CC2)CC1. The van der Waals surface area contributed by atoms with E-state index in [9.17, 15) is 8.78 Å². The summed E-state index contributed by atoms with van der Waals surface area (Å²) in [4.78, 5) is 8.12. The van der Waals surface area contributed by atoms with Crippen LogP contribution in [0.1, 0.15) is 37.2 Å². The summed E-state index contributed by atoms with van der Waals surface area (Å²) in [6, 6.07) is 10.3. The minimum absolute atomic E-state index is 0.171. The first-order valence-corrected chi connectivity index (χ1v) is 11.2. The molecule has 2 aliphatic rings. The molecule has 0 radical (unpaired) electrons. The van der Waals surface area contributed by atoms with E-state index < -0.39 is 0 Å². The molecule has 0 amide bonds. The second-order valence-electron chi connectivity index (χ2n) is 8.78. The molecule has 1 saturated carbocycles. The van der Waals surface area contributed by atoms with Crippen LogP contribution in [0.15, 0.2) is 42.6 Å². The Labute approximate surface area is 181 Å². The number of anilines is 1. The summed E-state index contributed by atoms with van der Waals surface area (Å²) >= 11 is 0. The Bertz CT molecular complexity index is 1050. The number of nitrogens with one attached hydrogen (secondary N) is 1. The Balaban J connectivity index is 1.20. The molecule has 1 N–H and O–H groups in total. The molecule has 31 heavy (non-hydrogen) atoms. The highest BCUT2D eigenvalue weighted by molar-refractivity contribution is 5.83. The van der Waals surface area contributed by atoms with Crippen molar-refractivity contribution in [1.29, 1.82) is 0 Å². The van der Waals surface area contributed by atoms with Crippen LogP contribution in [0.4, 0.5) is 14.5 Å². The lowest BCUT2D eigenvalue weighted by Crippen LogP contribution is -2.51. The lowest BCUT2D eigenvalue weighted by molar-refractivity contribution is 0.141. The fraction of sp³-hybridized carbons (Fsp3) is 0.440. The molecule has 1 aliphatic carbocycles. The summed E-state index contributed by atoms with van der Waals surface area (Å²) in [6.07, 6.45) is 6.66. The third kappa shape index (κ3) is 4.01. The maximum atomic E-state index is 13.8. The number of rotatable bonds is 4. The molecule has 1 aliphatic heterocycles. The zero-order valence-corrected chi connectivity index (χ0v) is 17.9. The first-order valence-electron chi connectivity index (χ1n) is 11.2. The highest BCUT2D eigenvalue weighted by atomic mass is 19.1. The quantitative estimate of drug-likeness (QED) is 0.615. The monoisotopic (exact) mass is 425 g/mol. The molecule has 0 unspecified atom stereocenters. The van der Waals surface area contributed by atoms with Gasteiger partial charge in [0, 0.05) is 55.4 Å². The first kappa shape index (κ1) is 20.3. The number of piperazine rings is 1. The third-order valence-corrected chi connectivity index (χ3v) is 7.12. The van der Waals surface area contributed by atoms with Crippen molar-refractivity contribution in [3.63, 3.8) is 0 Å². The standard InChI is InChI=1S/C25H29F2N3O/c1-31-25-9-5-19(27)15-24(25)30-12-10-29(11-13-30)20-6-2-17(3-7-20)22-16-28-23-8-4-18(26)14-21(22)23/h4-5,8-9,14-17,20,28H,2-3,6-7,10-13H2,1H3/t17-,20+. The maximum absolute atomic E-state index is 13.8. The van der Waals surface area contributed by atoms with Gasteiger partial charge >= 0.3 is 0 Å². The van der Waals surface area contributed by atoms with E-state index in [1.54, 1.807) is 25.3 Å². The summed E-state index contributed by atoms with van der Waals surface area (Å²) in [5.41, 5.74) is 3.12. The Kier molecular flexibility index (Phi) is 5.57. The minimum Gasteiger partial charge on any atom is -0.495 e. The second-order valence-corrected chi connectivity index (χ2v) is 8.78. The van der Waals surface area contributed by atoms with Crippen LogP contribution in [0.3, 0.4) is 0 Å². The van der Waals surface area contributed by atoms with Crippen molar-refractivity contribution in [3.8, 4) is 5.75 Å². The number of aromatic nitrogens is 1. The number of methoxy groups -OCH3 is 1. The van der Waals surface area contributed by atoms with Crippen molar-refractivity contribution in [2.24, 2.45) is 0 Å². The molecule has 6 heteroatoms. The smallest absolute Gasteiger partial charge is 0.142 e. The van der Waals surface area contributed by atoms with E-state index >= 15 is 0 Å². The van der Waals surface area contributed by atoms with E-state index in [1.807, 2.05) is 6.07 Å². The van der Waals surface area contributed by atoms with Gasteiger partial charge in [-0.05, 0) is 67.5 Å². The Morgan fingerprint density at radius 1 is 0.903 bits per heavy atom. The number of hydrogen-bond donors (Lipinski definition) is 1. The molecule has 0 spiro atoms. The highest BCUT2D eigenvalue weighted by Crippen LogP contribution is 2.38. The van der Waals surface area contributed by atoms with Crippen LogP contribution in [-0.2, 0) is 0 Å². The molecule has 2 aromatic carbocycles. The summed E-state index contributed by atoms with van der Waals surface area (Å²) in [6.45, 7) is 3.71. The van der Waals surface area contributed by atoms with E-state index in [2.05, 4.69) is 21.0 Å². The molecule has 4 nitrogen and oxygen atoms in total. The van der Waals surface area contributed by atoms with E-state index in [1.165, 1.54) is 17.7 Å². The van der Waals surface area contributed by atoms with Crippen molar-refractivity contribution in [2.75, 3.05) is 38.2 Å². The van der Waals surface area contributed by atoms with Crippen molar-refractivity contribution in [2.45, 2.75) is 37.6 Å². The number of fused-ring (bicyclic) bond motifs is 1. The molecule has 3 aromatic rings. The van der Waals surface area contributed by atoms with Gasteiger partial charge in [0.05, 0.1) is 12.8 Å². The second kappa shape index (κ2) is 8.50. The molecular weight excluding hydrogens is 396 g/mol. The van der Waals surface area contributed by atoms with Crippen LogP contribution in [0.2, 0.25) is 0 Å². The largest absolute Gasteiger partial charge is 0.495 e. The average molecular weight is 426 g/mol. The van der Waals surface area contributed by atoms with Crippen LogP contribution in [0.5, 0.6) is 5.75 Å². The molecule has 2 heterocycles. The summed E-state index contributed by atoms with van der Waals surface area (Å²) < 4.78 is 32.9. The van der Waals surface area contributed by atoms with Gasteiger partial charge in [-0.3, -0.25) is 4.90 Å². The van der Waals surface area contributed by atoms with E-state index in [0.717, 1.165) is 74.2 Å². The number of hydrogen-bond acceptors (Lipinski definition) is 3. The van der Waals surface area contributed by atoms with Gasteiger partial charge in [-0.1, -0.05) is 0 Å². The molecule has 0 atom stereocenters. The lowest BCUT2D eigenvalue weighted by Gasteiger charge is -2.42. The number of halogens is 2. The molecular formula is C25H29F2N3O. The molecule has 1 saturated heterocycles. The van der Waals surface area contributed by atoms with Crippen molar-refractivity contribution >= 4 is 16.6 Å². The van der Waals surface area contributed by atoms with Crippen LogP contribution in [-0.4, -0.2) is 49.2 Å². The van der Waals surface area contributed by atoms with Gasteiger partial charge < -0.3 is 14.6 Å². The predicted molar refractivity (Wildman–Crippen MR) is 120 cm³/mol. The number of ether oxygens (including phenoxy) is 1. The van der Waals surface area contributed by atoms with Gasteiger partial charge in [0.25, 0.3) is 0 Å². The Hall–Kier alpha value is -2.60. The average Bonchev–Trinajstić information content (AvgIpc) is 3.22. The van der Waals surface area contributed by atoms with Crippen LogP contribution in [0.25, 0.3) is 10.9 Å². The van der Waals surface area contributed by atoms with Gasteiger partial charge in [-0.15, -0.1) is 0 Å². The van der Waals surface area contributed by atoms with E-state index in [4.69, 9.17) is 4.74 Å². The number of aromatic amines is 1. The molecule has 2 fully saturated rings. The van der Waals surface area contributed by atoms with E-state index in [0.29, 0.717) is 12.0 Å². The van der Waals surface area contributed by atoms with Crippen LogP contribution < -0.4 is 9.64 Å². The van der Waals surface area contributed by atoms with Crippen LogP contribution >= 0.6 is 0 Å². The topological polar surface area (TPSA) is 31.5 Å². The highest BCUT2D eigenvalue weighted by Gasteiger charge is 2.30. The predicted octanol–water partition coefficient (Wildman–Crippen LogP) is 5.30. The fourth-order valence-electron chi connectivity index (χ4n) is 5.44. The fourth-order valence-corrected chi connectivity index (χ4v) is 5.44. The van der Waals surface area contributed by atoms with Crippen molar-refractivity contribution < 1.29 is 13.5 Å². The normalized spacial score (nSPS) is 22.7. The van der Waals surface area contributed by atoms with Gasteiger partial charge in [-0.2, -0.15) is 0 Å².